The first-order valence-electron chi connectivity index (χ1n) is 4.97. The third kappa shape index (κ3) is 1.93. The third-order valence-electron chi connectivity index (χ3n) is 2.40. The minimum Gasteiger partial charge on any atom is -0.382 e. The number of aromatic nitrogens is 2. The number of rotatable bonds is 2. The number of anilines is 2. The van der Waals surface area contributed by atoms with Crippen LogP contribution in [0.1, 0.15) is 0 Å². The van der Waals surface area contributed by atoms with Crippen LogP contribution in [0.4, 0.5) is 20.3 Å². The molecule has 0 spiro atoms. The van der Waals surface area contributed by atoms with Crippen molar-refractivity contribution in [2.24, 2.45) is 0 Å². The lowest BCUT2D eigenvalue weighted by Crippen LogP contribution is -2.13. The van der Waals surface area contributed by atoms with E-state index in [1.807, 2.05) is 0 Å². The van der Waals surface area contributed by atoms with Crippen LogP contribution in [-0.4, -0.2) is 24.3 Å². The van der Waals surface area contributed by atoms with Crippen LogP contribution in [0.3, 0.4) is 0 Å². The molecule has 17 heavy (non-hydrogen) atoms. The fourth-order valence-electron chi connectivity index (χ4n) is 1.67. The second kappa shape index (κ2) is 4.04. The van der Waals surface area contributed by atoms with E-state index < -0.39 is 11.6 Å². The topological polar surface area (TPSA) is 57.9 Å². The van der Waals surface area contributed by atoms with Crippen molar-refractivity contribution in [3.05, 3.63) is 29.8 Å². The number of hydrogen-bond donors (Lipinski definition) is 2. The van der Waals surface area contributed by atoms with Gasteiger partial charge in [-0.2, -0.15) is 5.10 Å². The number of H-pyrrole nitrogens is 1. The fraction of sp³-hybridized carbons (Fsp3) is 0.182. The Labute approximate surface area is 97.0 Å². The number of aromatic amines is 1. The normalized spacial score (nSPS) is 10.6. The van der Waals surface area contributed by atoms with Crippen LogP contribution in [0.5, 0.6) is 0 Å². The highest BCUT2D eigenvalue weighted by atomic mass is 19.2. The zero-order valence-electron chi connectivity index (χ0n) is 9.46. The van der Waals surface area contributed by atoms with Crippen molar-refractivity contribution in [1.29, 1.82) is 0 Å². The molecule has 0 saturated carbocycles. The lowest BCUT2D eigenvalue weighted by atomic mass is 10.1. The summed E-state index contributed by atoms with van der Waals surface area (Å²) in [4.78, 5) is 1.50. The van der Waals surface area contributed by atoms with Gasteiger partial charge in [0.1, 0.15) is 5.82 Å². The molecule has 0 fully saturated rings. The molecule has 1 heterocycles. The predicted molar refractivity (Wildman–Crippen MR) is 62.7 cm³/mol. The van der Waals surface area contributed by atoms with E-state index in [-0.39, 0.29) is 5.69 Å². The Morgan fingerprint density at radius 3 is 2.53 bits per heavy atom. The van der Waals surface area contributed by atoms with Gasteiger partial charge in [-0.15, -0.1) is 0 Å². The van der Waals surface area contributed by atoms with Crippen molar-refractivity contribution < 1.29 is 8.78 Å². The molecule has 4 nitrogen and oxygen atoms in total. The van der Waals surface area contributed by atoms with Crippen LogP contribution in [0.15, 0.2) is 18.2 Å². The maximum Gasteiger partial charge on any atom is 0.182 e. The zero-order valence-corrected chi connectivity index (χ0v) is 9.46. The van der Waals surface area contributed by atoms with Crippen molar-refractivity contribution >= 4 is 11.5 Å². The van der Waals surface area contributed by atoms with Gasteiger partial charge < -0.3 is 10.6 Å². The minimum atomic E-state index is -0.888. The van der Waals surface area contributed by atoms with Gasteiger partial charge in [0.05, 0.1) is 11.4 Å². The Bertz CT molecular complexity index is 548. The zero-order chi connectivity index (χ0) is 12.6. The molecule has 0 aliphatic rings. The first kappa shape index (κ1) is 11.4. The van der Waals surface area contributed by atoms with Crippen LogP contribution >= 0.6 is 0 Å². The smallest absolute Gasteiger partial charge is 0.182 e. The number of nitrogens with two attached hydrogens (primary N) is 1. The predicted octanol–water partition coefficient (Wildman–Crippen LogP) is 2.00. The molecule has 2 rings (SSSR count). The van der Waals surface area contributed by atoms with Crippen molar-refractivity contribution in [3.8, 4) is 11.3 Å². The minimum absolute atomic E-state index is 0.161. The molecule has 0 saturated heterocycles. The van der Waals surface area contributed by atoms with Gasteiger partial charge in [-0.25, -0.2) is 8.78 Å². The van der Waals surface area contributed by atoms with E-state index in [1.165, 1.54) is 11.0 Å². The monoisotopic (exact) mass is 238 g/mol. The summed E-state index contributed by atoms with van der Waals surface area (Å²) in [5, 5.41) is 6.44. The maximum atomic E-state index is 13.7. The van der Waals surface area contributed by atoms with Crippen molar-refractivity contribution in [2.45, 2.75) is 0 Å². The van der Waals surface area contributed by atoms with Crippen LogP contribution < -0.4 is 10.6 Å². The number of hydrogen-bond acceptors (Lipinski definition) is 3. The summed E-state index contributed by atoms with van der Waals surface area (Å²) in [6.07, 6.45) is 0. The lowest BCUT2D eigenvalue weighted by Gasteiger charge is -2.17. The molecule has 0 radical (unpaired) electrons. The van der Waals surface area contributed by atoms with Crippen LogP contribution in [0, 0.1) is 11.6 Å². The van der Waals surface area contributed by atoms with E-state index in [0.717, 1.165) is 6.07 Å². The number of nitrogen functional groups attached to an aromatic ring is 1. The van der Waals surface area contributed by atoms with Gasteiger partial charge in [0.15, 0.2) is 11.6 Å². The molecular weight excluding hydrogens is 226 g/mol. The summed E-state index contributed by atoms with van der Waals surface area (Å²) >= 11 is 0. The van der Waals surface area contributed by atoms with Gasteiger partial charge in [-0.1, -0.05) is 0 Å². The standard InChI is InChI=1S/C11H12F2N4/c1-17(2)11-6(3-4-7(12)10(11)13)8-5-9(14)16-15-8/h3-5H,1-2H3,(H3,14,15,16). The highest BCUT2D eigenvalue weighted by Gasteiger charge is 2.17. The van der Waals surface area contributed by atoms with Gasteiger partial charge in [0, 0.05) is 25.7 Å². The summed E-state index contributed by atoms with van der Waals surface area (Å²) in [6, 6.07) is 4.13. The lowest BCUT2D eigenvalue weighted by molar-refractivity contribution is 0.509. The van der Waals surface area contributed by atoms with Crippen LogP contribution in [-0.2, 0) is 0 Å². The molecular formula is C11H12F2N4. The molecule has 0 bridgehead atoms. The fourth-order valence-corrected chi connectivity index (χ4v) is 1.67. The molecule has 3 N–H and O–H groups in total. The molecule has 0 unspecified atom stereocenters. The molecule has 0 aliphatic carbocycles. The first-order valence-corrected chi connectivity index (χ1v) is 4.97. The van der Waals surface area contributed by atoms with Gasteiger partial charge in [0.25, 0.3) is 0 Å². The number of nitrogens with zero attached hydrogens (tertiary/aromatic N) is 2. The molecule has 1 aromatic heterocycles. The quantitative estimate of drug-likeness (QED) is 0.841. The van der Waals surface area contributed by atoms with Gasteiger partial charge in [-0.05, 0) is 12.1 Å². The van der Waals surface area contributed by atoms with E-state index in [9.17, 15) is 8.78 Å². The number of halogens is 2. The van der Waals surface area contributed by atoms with Gasteiger partial charge >= 0.3 is 0 Å². The van der Waals surface area contributed by atoms with Crippen molar-refractivity contribution in [3.63, 3.8) is 0 Å². The average molecular weight is 238 g/mol. The molecule has 0 amide bonds. The summed E-state index contributed by atoms with van der Waals surface area (Å²) < 4.78 is 26.9. The van der Waals surface area contributed by atoms with E-state index >= 15 is 0 Å². The van der Waals surface area contributed by atoms with E-state index in [4.69, 9.17) is 5.73 Å². The summed E-state index contributed by atoms with van der Waals surface area (Å²) in [5.74, 6) is -1.47. The summed E-state index contributed by atoms with van der Waals surface area (Å²) in [6.45, 7) is 0. The first-order chi connectivity index (χ1) is 8.00. The summed E-state index contributed by atoms with van der Waals surface area (Å²) in [5.41, 5.74) is 6.71. The molecule has 0 atom stereocenters. The molecule has 6 heteroatoms. The molecule has 2 aromatic rings. The summed E-state index contributed by atoms with van der Waals surface area (Å²) in [7, 11) is 3.28. The molecule has 90 valence electrons. The maximum absolute atomic E-state index is 13.7. The number of nitrogens with one attached hydrogen (secondary N) is 1. The molecule has 1 aromatic carbocycles. The van der Waals surface area contributed by atoms with Crippen LogP contribution in [0.25, 0.3) is 11.3 Å². The number of benzene rings is 1. The largest absolute Gasteiger partial charge is 0.382 e. The average Bonchev–Trinajstić information content (AvgIpc) is 2.68. The Morgan fingerprint density at radius 1 is 1.29 bits per heavy atom. The van der Waals surface area contributed by atoms with E-state index in [1.54, 1.807) is 20.2 Å². The second-order valence-corrected chi connectivity index (χ2v) is 3.86. The Morgan fingerprint density at radius 2 is 2.00 bits per heavy atom. The van der Waals surface area contributed by atoms with E-state index in [2.05, 4.69) is 10.2 Å². The van der Waals surface area contributed by atoms with E-state index in [0.29, 0.717) is 17.1 Å². The Hall–Kier alpha value is -2.11. The SMILES string of the molecule is CN(C)c1c(-c2cc(N)n[nH]2)ccc(F)c1F. The van der Waals surface area contributed by atoms with Crippen molar-refractivity contribution in [2.75, 3.05) is 24.7 Å². The second-order valence-electron chi connectivity index (χ2n) is 3.86. The third-order valence-corrected chi connectivity index (χ3v) is 2.40. The Kier molecular flexibility index (Phi) is 2.71. The highest BCUT2D eigenvalue weighted by molar-refractivity contribution is 5.77. The molecule has 0 aliphatic heterocycles. The van der Waals surface area contributed by atoms with Crippen molar-refractivity contribution in [1.82, 2.24) is 10.2 Å². The van der Waals surface area contributed by atoms with Crippen LogP contribution in [0.2, 0.25) is 0 Å². The Balaban J connectivity index is 2.65. The van der Waals surface area contributed by atoms with Gasteiger partial charge in [-0.3, -0.25) is 5.10 Å². The highest BCUT2D eigenvalue weighted by Crippen LogP contribution is 2.32. The van der Waals surface area contributed by atoms with Gasteiger partial charge in [0.2, 0.25) is 0 Å².